The van der Waals surface area contributed by atoms with Crippen LogP contribution in [0.25, 0.3) is 5.70 Å². The zero-order valence-electron chi connectivity index (χ0n) is 24.0. The minimum absolute atomic E-state index is 0.0134. The fourth-order valence-electron chi connectivity index (χ4n) is 4.82. The van der Waals surface area contributed by atoms with Gasteiger partial charge in [0.15, 0.2) is 5.82 Å². The molecule has 0 spiro atoms. The molecule has 0 radical (unpaired) electrons. The van der Waals surface area contributed by atoms with Gasteiger partial charge in [-0.3, -0.25) is 0 Å². The van der Waals surface area contributed by atoms with Gasteiger partial charge in [-0.15, -0.1) is 0 Å². The monoisotopic (exact) mass is 544 g/mol. The van der Waals surface area contributed by atoms with Gasteiger partial charge in [-0.05, 0) is 51.3 Å². The largest absolute Gasteiger partial charge is 0.494 e. The van der Waals surface area contributed by atoms with E-state index in [-0.39, 0.29) is 6.10 Å². The molecule has 40 heavy (non-hydrogen) atoms. The summed E-state index contributed by atoms with van der Waals surface area (Å²) < 4.78 is 19.1. The van der Waals surface area contributed by atoms with Crippen molar-refractivity contribution in [3.8, 4) is 0 Å². The van der Waals surface area contributed by atoms with Gasteiger partial charge in [0, 0.05) is 38.4 Å². The molecular weight excluding hydrogens is 504 g/mol. The van der Waals surface area contributed by atoms with Crippen LogP contribution in [0, 0.1) is 6.92 Å². The lowest BCUT2D eigenvalue weighted by Gasteiger charge is -2.30. The molecule has 1 unspecified atom stereocenters. The van der Waals surface area contributed by atoms with Crippen molar-refractivity contribution in [2.75, 3.05) is 47.1 Å². The van der Waals surface area contributed by atoms with Gasteiger partial charge in [0.2, 0.25) is 0 Å². The first-order valence-corrected chi connectivity index (χ1v) is 13.7. The van der Waals surface area contributed by atoms with Gasteiger partial charge in [0.25, 0.3) is 0 Å². The highest BCUT2D eigenvalue weighted by molar-refractivity contribution is 6.08. The molecule has 2 aliphatic rings. The van der Waals surface area contributed by atoms with Crippen LogP contribution >= 0.6 is 0 Å². The first-order chi connectivity index (χ1) is 19.6. The van der Waals surface area contributed by atoms with Crippen LogP contribution in [0.1, 0.15) is 30.2 Å². The van der Waals surface area contributed by atoms with Gasteiger partial charge in [-0.1, -0.05) is 35.9 Å². The summed E-state index contributed by atoms with van der Waals surface area (Å²) in [6, 6.07) is 8.29. The Kier molecular flexibility index (Phi) is 10.5. The van der Waals surface area contributed by atoms with Crippen LogP contribution in [0.3, 0.4) is 0 Å². The highest BCUT2D eigenvalue weighted by atomic mass is 16.5. The van der Waals surface area contributed by atoms with Crippen molar-refractivity contribution < 1.29 is 14.2 Å². The maximum atomic E-state index is 5.94. The number of hydrogen-bond donors (Lipinski definition) is 1. The van der Waals surface area contributed by atoms with Crippen molar-refractivity contribution in [3.05, 3.63) is 89.1 Å². The van der Waals surface area contributed by atoms with E-state index in [9.17, 15) is 0 Å². The summed E-state index contributed by atoms with van der Waals surface area (Å²) in [6.07, 6.45) is 12.9. The third-order valence-corrected chi connectivity index (χ3v) is 6.80. The molecule has 0 amide bonds. The van der Waals surface area contributed by atoms with Crippen LogP contribution in [-0.4, -0.2) is 80.1 Å². The first-order valence-electron chi connectivity index (χ1n) is 13.7. The zero-order valence-corrected chi connectivity index (χ0v) is 24.0. The molecule has 9 heteroatoms. The molecular formula is C31H40N6O3. The number of hydrazone groups is 1. The molecule has 1 fully saturated rings. The SMILES string of the molecule is C=Nc1c(\C(=C/C=C\C(=N/NC)c2cccc(C)c2)N2CCOCC2)ncn1CC1=CCC(OC)C=C1OCC. The van der Waals surface area contributed by atoms with Gasteiger partial charge in [-0.25, -0.2) is 9.98 Å². The molecule has 1 aromatic carbocycles. The fourth-order valence-corrected chi connectivity index (χ4v) is 4.82. The summed E-state index contributed by atoms with van der Waals surface area (Å²) in [6.45, 7) is 12.0. The second-order valence-electron chi connectivity index (χ2n) is 9.51. The third-order valence-electron chi connectivity index (χ3n) is 6.80. The van der Waals surface area contributed by atoms with Crippen LogP contribution in [0.15, 0.2) is 82.4 Å². The van der Waals surface area contributed by atoms with E-state index in [1.807, 2.05) is 42.1 Å². The van der Waals surface area contributed by atoms with Crippen LogP contribution in [-0.2, 0) is 20.8 Å². The summed E-state index contributed by atoms with van der Waals surface area (Å²) in [7, 11) is 3.52. The standard InChI is InChI=1S/C31H40N6O3/c1-6-40-29-20-26(38-5)14-13-25(29)21-37-22-34-30(31(37)32-3)28(36-15-17-39-18-16-36)12-8-11-27(35-33-4)24-10-7-9-23(2)19-24/h7-13,19-20,22,26,33H,3,6,14-18,21H2,1-2,4-5H3/b11-8-,28-12+,35-27+. The number of allylic oxidation sites excluding steroid dienone is 4. The number of hydrogen-bond acceptors (Lipinski definition) is 8. The van der Waals surface area contributed by atoms with Crippen LogP contribution in [0.4, 0.5) is 5.82 Å². The average molecular weight is 545 g/mol. The number of imidazole rings is 1. The van der Waals surface area contributed by atoms with Gasteiger partial charge in [0.05, 0.1) is 50.2 Å². The van der Waals surface area contributed by atoms with Crippen molar-refractivity contribution in [3.63, 3.8) is 0 Å². The summed E-state index contributed by atoms with van der Waals surface area (Å²) in [5, 5.41) is 4.49. The van der Waals surface area contributed by atoms with E-state index in [0.717, 1.165) is 53.5 Å². The van der Waals surface area contributed by atoms with Crippen molar-refractivity contribution in [1.82, 2.24) is 19.9 Å². The normalized spacial score (nSPS) is 18.5. The van der Waals surface area contributed by atoms with Crippen LogP contribution in [0.2, 0.25) is 0 Å². The lowest BCUT2D eigenvalue weighted by Crippen LogP contribution is -2.35. The number of morpholine rings is 1. The minimum Gasteiger partial charge on any atom is -0.494 e. The smallest absolute Gasteiger partial charge is 0.161 e. The molecule has 1 saturated heterocycles. The van der Waals surface area contributed by atoms with Gasteiger partial charge in [-0.2, -0.15) is 5.10 Å². The fraction of sp³-hybridized carbons (Fsp3) is 0.387. The third kappa shape index (κ3) is 7.16. The molecule has 2 aromatic rings. The van der Waals surface area contributed by atoms with Crippen molar-refractivity contribution in [2.45, 2.75) is 32.9 Å². The van der Waals surface area contributed by atoms with Gasteiger partial charge < -0.3 is 29.1 Å². The second-order valence-corrected chi connectivity index (χ2v) is 9.51. The Morgan fingerprint density at radius 3 is 2.83 bits per heavy atom. The van der Waals surface area contributed by atoms with E-state index in [1.54, 1.807) is 14.2 Å². The number of aryl methyl sites for hydroxylation is 1. The molecule has 2 heterocycles. The summed E-state index contributed by atoms with van der Waals surface area (Å²) in [5.41, 5.74) is 8.80. The molecule has 1 aliphatic carbocycles. The van der Waals surface area contributed by atoms with Crippen molar-refractivity contribution in [1.29, 1.82) is 0 Å². The van der Waals surface area contributed by atoms with E-state index in [4.69, 9.17) is 19.2 Å². The van der Waals surface area contributed by atoms with Crippen molar-refractivity contribution in [2.24, 2.45) is 10.1 Å². The predicted molar refractivity (Wildman–Crippen MR) is 161 cm³/mol. The number of aliphatic imine (C=N–C) groups is 1. The molecule has 0 bridgehead atoms. The molecule has 1 aromatic heterocycles. The topological polar surface area (TPSA) is 85.5 Å². The first kappa shape index (κ1) is 29.0. The summed E-state index contributed by atoms with van der Waals surface area (Å²) in [5.74, 6) is 1.55. The molecule has 4 rings (SSSR count). The molecule has 0 saturated carbocycles. The lowest BCUT2D eigenvalue weighted by molar-refractivity contribution is 0.0638. The number of methoxy groups -OCH3 is 1. The number of nitrogens with zero attached hydrogens (tertiary/aromatic N) is 5. The predicted octanol–water partition coefficient (Wildman–Crippen LogP) is 4.64. The second kappa shape index (κ2) is 14.4. The number of benzene rings is 1. The summed E-state index contributed by atoms with van der Waals surface area (Å²) in [4.78, 5) is 11.5. The summed E-state index contributed by atoms with van der Waals surface area (Å²) >= 11 is 0. The van der Waals surface area contributed by atoms with Crippen LogP contribution < -0.4 is 5.43 Å². The highest BCUT2D eigenvalue weighted by Gasteiger charge is 2.23. The maximum Gasteiger partial charge on any atom is 0.161 e. The maximum absolute atomic E-state index is 5.94. The van der Waals surface area contributed by atoms with Gasteiger partial charge in [0.1, 0.15) is 11.5 Å². The molecule has 212 valence electrons. The highest BCUT2D eigenvalue weighted by Crippen LogP contribution is 2.31. The van der Waals surface area contributed by atoms with E-state index in [1.165, 1.54) is 5.56 Å². The number of ether oxygens (including phenoxy) is 3. The van der Waals surface area contributed by atoms with E-state index in [2.05, 4.69) is 64.4 Å². The van der Waals surface area contributed by atoms with Crippen molar-refractivity contribution >= 4 is 23.9 Å². The van der Waals surface area contributed by atoms with E-state index < -0.39 is 0 Å². The Hall–Kier alpha value is -3.95. The minimum atomic E-state index is 0.0134. The van der Waals surface area contributed by atoms with E-state index >= 15 is 0 Å². The molecule has 9 nitrogen and oxygen atoms in total. The Morgan fingerprint density at radius 1 is 1.30 bits per heavy atom. The number of aromatic nitrogens is 2. The molecule has 1 N–H and O–H groups in total. The van der Waals surface area contributed by atoms with Gasteiger partial charge >= 0.3 is 0 Å². The van der Waals surface area contributed by atoms with E-state index in [0.29, 0.717) is 32.2 Å². The average Bonchev–Trinajstić information content (AvgIpc) is 3.38. The lowest BCUT2D eigenvalue weighted by atomic mass is 10.0. The van der Waals surface area contributed by atoms with Crippen LogP contribution in [0.5, 0.6) is 0 Å². The molecule has 1 atom stereocenters. The number of nitrogens with one attached hydrogen (secondary N) is 1. The zero-order chi connectivity index (χ0) is 28.3. The Balaban J connectivity index is 1.66. The molecule has 1 aliphatic heterocycles. The quantitative estimate of drug-likeness (QED) is 0.238. The Morgan fingerprint density at radius 2 is 2.12 bits per heavy atom. The Labute approximate surface area is 237 Å². The Bertz CT molecular complexity index is 1310. The number of rotatable bonds is 12.